The number of carbonyl (C=O) groups is 1. The van der Waals surface area contributed by atoms with Crippen molar-refractivity contribution in [1.82, 2.24) is 15.5 Å². The SMILES string of the molecule is CC(Cc1ccc(Cl)cc1)NC(=O)c1ccc(Cl)nn1. The lowest BCUT2D eigenvalue weighted by molar-refractivity contribution is 0.0934. The first-order valence-electron chi connectivity index (χ1n) is 6.09. The van der Waals surface area contributed by atoms with Crippen molar-refractivity contribution in [2.75, 3.05) is 0 Å². The first kappa shape index (κ1) is 14.8. The Morgan fingerprint density at radius 3 is 2.45 bits per heavy atom. The number of amides is 1. The monoisotopic (exact) mass is 309 g/mol. The minimum absolute atomic E-state index is 0.0267. The van der Waals surface area contributed by atoms with E-state index in [-0.39, 0.29) is 22.8 Å². The molecule has 1 N–H and O–H groups in total. The maximum Gasteiger partial charge on any atom is 0.272 e. The molecule has 2 aromatic rings. The molecule has 0 fully saturated rings. The van der Waals surface area contributed by atoms with Crippen LogP contribution in [-0.4, -0.2) is 22.1 Å². The van der Waals surface area contributed by atoms with Crippen LogP contribution in [0.25, 0.3) is 0 Å². The van der Waals surface area contributed by atoms with E-state index in [4.69, 9.17) is 23.2 Å². The molecule has 2 rings (SSSR count). The molecule has 1 unspecified atom stereocenters. The van der Waals surface area contributed by atoms with E-state index in [9.17, 15) is 4.79 Å². The quantitative estimate of drug-likeness (QED) is 0.944. The molecule has 1 atom stereocenters. The van der Waals surface area contributed by atoms with Gasteiger partial charge in [0.2, 0.25) is 0 Å². The molecule has 6 heteroatoms. The highest BCUT2D eigenvalue weighted by Crippen LogP contribution is 2.11. The summed E-state index contributed by atoms with van der Waals surface area (Å²) in [4.78, 5) is 11.9. The minimum Gasteiger partial charge on any atom is -0.348 e. The Labute approximate surface area is 127 Å². The van der Waals surface area contributed by atoms with Crippen LogP contribution in [0.4, 0.5) is 0 Å². The van der Waals surface area contributed by atoms with Crippen LogP contribution in [0.15, 0.2) is 36.4 Å². The van der Waals surface area contributed by atoms with Gasteiger partial charge in [-0.1, -0.05) is 35.3 Å². The Morgan fingerprint density at radius 2 is 1.85 bits per heavy atom. The van der Waals surface area contributed by atoms with Crippen molar-refractivity contribution >= 4 is 29.1 Å². The number of nitrogens with zero attached hydrogens (tertiary/aromatic N) is 2. The van der Waals surface area contributed by atoms with E-state index >= 15 is 0 Å². The van der Waals surface area contributed by atoms with Crippen molar-refractivity contribution in [2.24, 2.45) is 0 Å². The Kier molecular flexibility index (Phi) is 4.93. The predicted molar refractivity (Wildman–Crippen MR) is 79.1 cm³/mol. The lowest BCUT2D eigenvalue weighted by atomic mass is 10.1. The lowest BCUT2D eigenvalue weighted by Crippen LogP contribution is -2.34. The largest absolute Gasteiger partial charge is 0.348 e. The number of hydrogen-bond acceptors (Lipinski definition) is 3. The molecule has 1 heterocycles. The van der Waals surface area contributed by atoms with Crippen molar-refractivity contribution in [1.29, 1.82) is 0 Å². The molecule has 0 aliphatic carbocycles. The minimum atomic E-state index is -0.268. The molecule has 4 nitrogen and oxygen atoms in total. The van der Waals surface area contributed by atoms with Crippen molar-refractivity contribution < 1.29 is 4.79 Å². The molecule has 0 spiro atoms. The third-order valence-electron chi connectivity index (χ3n) is 2.70. The number of hydrogen-bond donors (Lipinski definition) is 1. The fourth-order valence-corrected chi connectivity index (χ4v) is 1.99. The van der Waals surface area contributed by atoms with E-state index < -0.39 is 0 Å². The molecular formula is C14H13Cl2N3O. The van der Waals surface area contributed by atoms with Gasteiger partial charge in [0, 0.05) is 11.1 Å². The zero-order valence-corrected chi connectivity index (χ0v) is 12.3. The van der Waals surface area contributed by atoms with Crippen molar-refractivity contribution in [3.63, 3.8) is 0 Å². The molecule has 1 aromatic carbocycles. The summed E-state index contributed by atoms with van der Waals surface area (Å²) in [7, 11) is 0. The van der Waals surface area contributed by atoms with Gasteiger partial charge in [0.25, 0.3) is 5.91 Å². The molecule has 104 valence electrons. The third kappa shape index (κ3) is 4.18. The average molecular weight is 310 g/mol. The molecule has 0 aliphatic heterocycles. The zero-order chi connectivity index (χ0) is 14.5. The summed E-state index contributed by atoms with van der Waals surface area (Å²) in [5.41, 5.74) is 1.35. The smallest absolute Gasteiger partial charge is 0.272 e. The number of rotatable bonds is 4. The number of carbonyl (C=O) groups excluding carboxylic acids is 1. The molecular weight excluding hydrogens is 297 g/mol. The van der Waals surface area contributed by atoms with E-state index in [1.54, 1.807) is 6.07 Å². The van der Waals surface area contributed by atoms with Crippen LogP contribution in [0, 0.1) is 0 Å². The highest BCUT2D eigenvalue weighted by molar-refractivity contribution is 6.30. The summed E-state index contributed by atoms with van der Waals surface area (Å²) in [6.07, 6.45) is 0.712. The molecule has 0 saturated heterocycles. The molecule has 0 saturated carbocycles. The van der Waals surface area contributed by atoms with E-state index in [2.05, 4.69) is 15.5 Å². The van der Waals surface area contributed by atoms with Crippen LogP contribution in [0.2, 0.25) is 10.2 Å². The van der Waals surface area contributed by atoms with Gasteiger partial charge in [-0.2, -0.15) is 0 Å². The van der Waals surface area contributed by atoms with Crippen LogP contribution in [-0.2, 0) is 6.42 Å². The molecule has 0 bridgehead atoms. The Hall–Kier alpha value is -1.65. The van der Waals surface area contributed by atoms with Gasteiger partial charge in [-0.05, 0) is 43.2 Å². The van der Waals surface area contributed by atoms with Crippen molar-refractivity contribution in [2.45, 2.75) is 19.4 Å². The summed E-state index contributed by atoms with van der Waals surface area (Å²) in [6.45, 7) is 1.93. The fraction of sp³-hybridized carbons (Fsp3) is 0.214. The van der Waals surface area contributed by atoms with Crippen LogP contribution < -0.4 is 5.32 Å². The Balaban J connectivity index is 1.93. The van der Waals surface area contributed by atoms with Crippen LogP contribution in [0.3, 0.4) is 0 Å². The predicted octanol–water partition coefficient (Wildman–Crippen LogP) is 3.14. The third-order valence-corrected chi connectivity index (χ3v) is 3.15. The molecule has 0 radical (unpaired) electrons. The van der Waals surface area contributed by atoms with Crippen LogP contribution in [0.5, 0.6) is 0 Å². The van der Waals surface area contributed by atoms with Gasteiger partial charge >= 0.3 is 0 Å². The zero-order valence-electron chi connectivity index (χ0n) is 10.8. The summed E-state index contributed by atoms with van der Waals surface area (Å²) in [6, 6.07) is 10.6. The van der Waals surface area contributed by atoms with Gasteiger partial charge in [-0.15, -0.1) is 10.2 Å². The molecule has 0 aliphatic rings. The fourth-order valence-electron chi connectivity index (χ4n) is 1.76. The highest BCUT2D eigenvalue weighted by Gasteiger charge is 2.12. The van der Waals surface area contributed by atoms with Gasteiger partial charge in [-0.25, -0.2) is 0 Å². The van der Waals surface area contributed by atoms with Crippen LogP contribution >= 0.6 is 23.2 Å². The van der Waals surface area contributed by atoms with Gasteiger partial charge < -0.3 is 5.32 Å². The van der Waals surface area contributed by atoms with E-state index in [1.807, 2.05) is 31.2 Å². The summed E-state index contributed by atoms with van der Waals surface area (Å²) >= 11 is 11.5. The van der Waals surface area contributed by atoms with Gasteiger partial charge in [0.05, 0.1) is 0 Å². The Morgan fingerprint density at radius 1 is 1.15 bits per heavy atom. The van der Waals surface area contributed by atoms with E-state index in [0.717, 1.165) is 5.56 Å². The van der Waals surface area contributed by atoms with Crippen molar-refractivity contribution in [3.05, 3.63) is 57.8 Å². The van der Waals surface area contributed by atoms with Crippen LogP contribution in [0.1, 0.15) is 23.0 Å². The standard InChI is InChI=1S/C14H13Cl2N3O/c1-9(8-10-2-4-11(15)5-3-10)17-14(20)12-6-7-13(16)19-18-12/h2-7,9H,8H2,1H3,(H,17,20). The maximum atomic E-state index is 11.9. The van der Waals surface area contributed by atoms with E-state index in [0.29, 0.717) is 11.4 Å². The number of nitrogens with one attached hydrogen (secondary N) is 1. The van der Waals surface area contributed by atoms with Crippen molar-refractivity contribution in [3.8, 4) is 0 Å². The molecule has 1 amide bonds. The highest BCUT2D eigenvalue weighted by atomic mass is 35.5. The molecule has 1 aromatic heterocycles. The average Bonchev–Trinajstić information content (AvgIpc) is 2.42. The summed E-state index contributed by atoms with van der Waals surface area (Å²) in [5, 5.41) is 11.2. The summed E-state index contributed by atoms with van der Waals surface area (Å²) in [5.74, 6) is -0.268. The second-order valence-electron chi connectivity index (χ2n) is 4.45. The number of aromatic nitrogens is 2. The first-order chi connectivity index (χ1) is 9.54. The second kappa shape index (κ2) is 6.68. The van der Waals surface area contributed by atoms with Gasteiger partial charge in [0.1, 0.15) is 0 Å². The second-order valence-corrected chi connectivity index (χ2v) is 5.27. The van der Waals surface area contributed by atoms with Gasteiger partial charge in [0.15, 0.2) is 10.8 Å². The lowest BCUT2D eigenvalue weighted by Gasteiger charge is -2.13. The molecule has 20 heavy (non-hydrogen) atoms. The first-order valence-corrected chi connectivity index (χ1v) is 6.85. The number of benzene rings is 1. The maximum absolute atomic E-state index is 11.9. The summed E-state index contributed by atoms with van der Waals surface area (Å²) < 4.78 is 0. The Bertz CT molecular complexity index is 584. The normalized spacial score (nSPS) is 11.9. The number of halogens is 2. The topological polar surface area (TPSA) is 54.9 Å². The van der Waals surface area contributed by atoms with Gasteiger partial charge in [-0.3, -0.25) is 4.79 Å². The van der Waals surface area contributed by atoms with E-state index in [1.165, 1.54) is 6.07 Å².